The van der Waals surface area contributed by atoms with Gasteiger partial charge in [0.1, 0.15) is 37.1 Å². The molecule has 0 radical (unpaired) electrons. The molecule has 21 nitrogen and oxygen atoms in total. The maximum atomic E-state index is 12.6. The third-order valence-corrected chi connectivity index (χ3v) is 11.5. The van der Waals surface area contributed by atoms with E-state index < -0.39 is 40.2 Å². The van der Waals surface area contributed by atoms with Gasteiger partial charge in [-0.15, -0.1) is 0 Å². The van der Waals surface area contributed by atoms with E-state index in [2.05, 4.69) is 24.6 Å². The molecule has 3 aliphatic rings. The van der Waals surface area contributed by atoms with Gasteiger partial charge in [-0.1, -0.05) is 30.3 Å². The van der Waals surface area contributed by atoms with Gasteiger partial charge in [0.2, 0.25) is 0 Å². The summed E-state index contributed by atoms with van der Waals surface area (Å²) in [5.41, 5.74) is 3.06. The number of anilines is 2. The highest BCUT2D eigenvalue weighted by atomic mass is 32.2. The first kappa shape index (κ1) is 49.3. The van der Waals surface area contributed by atoms with Gasteiger partial charge < -0.3 is 38.6 Å². The lowest BCUT2D eigenvalue weighted by Crippen LogP contribution is -2.49. The summed E-state index contributed by atoms with van der Waals surface area (Å²) in [5.74, 6) is -1.23. The zero-order valence-electron chi connectivity index (χ0n) is 37.4. The van der Waals surface area contributed by atoms with Crippen LogP contribution in [-0.4, -0.2) is 137 Å². The molecule has 69 heavy (non-hydrogen) atoms. The van der Waals surface area contributed by atoms with Gasteiger partial charge in [0, 0.05) is 61.8 Å². The fourth-order valence-corrected chi connectivity index (χ4v) is 7.71. The third kappa shape index (κ3) is 14.2. The Morgan fingerprint density at radius 2 is 1.16 bits per heavy atom. The Bertz CT molecular complexity index is 2690. The van der Waals surface area contributed by atoms with Crippen molar-refractivity contribution in [3.8, 4) is 0 Å². The average molecular weight is 967 g/mol. The zero-order chi connectivity index (χ0) is 48.9. The largest absolute Gasteiger partial charge is 0.461 e. The van der Waals surface area contributed by atoms with Gasteiger partial charge in [-0.05, 0) is 78.4 Å². The fraction of sp³-hybridized carbons (Fsp3) is 0.298. The standard InChI is InChI=1S/C30H33N5O6.C17H17N3O7S/c31-28(32-29(37)26-7-4-18-39-26)23-8-10-24(11-9-23)35-20-25(41-30(35)38)19-34-16-14-33(15-17-34)13-12-27(36)40-21-22-5-2-1-3-6-22;1-28(23,24)26-10-13-9-20(17(22)27-13)12-6-4-11(5-7-12)15(18)19-16(21)14-3-2-8-25-14/h1-11,18,25H,12-17,19-21H2,(H2,31,32,37);2-8,13H,9-10H2,1H3,(H2,18,19,21). The van der Waals surface area contributed by atoms with Crippen LogP contribution in [0.1, 0.15) is 44.2 Å². The van der Waals surface area contributed by atoms with E-state index in [1.165, 1.54) is 29.6 Å². The normalized spacial score (nSPS) is 17.3. The Hall–Kier alpha value is -7.66. The van der Waals surface area contributed by atoms with E-state index in [4.69, 9.17) is 33.9 Å². The maximum absolute atomic E-state index is 12.6. The first-order valence-electron chi connectivity index (χ1n) is 21.7. The number of furan rings is 2. The van der Waals surface area contributed by atoms with E-state index in [-0.39, 0.29) is 48.4 Å². The summed E-state index contributed by atoms with van der Waals surface area (Å²) in [6.07, 6.45) is 2.02. The smallest absolute Gasteiger partial charge is 0.414 e. The number of nitrogens with one attached hydrogen (secondary N) is 4. The number of carbonyl (C=O) groups excluding carboxylic acids is 5. The van der Waals surface area contributed by atoms with Crippen molar-refractivity contribution in [1.29, 1.82) is 10.8 Å². The number of hydrogen-bond acceptors (Lipinski definition) is 17. The van der Waals surface area contributed by atoms with E-state index in [1.807, 2.05) is 30.3 Å². The summed E-state index contributed by atoms with van der Waals surface area (Å²) in [6, 6.07) is 28.9. The lowest BCUT2D eigenvalue weighted by atomic mass is 10.1. The van der Waals surface area contributed by atoms with Crippen molar-refractivity contribution < 1.29 is 59.6 Å². The Morgan fingerprint density at radius 1 is 0.667 bits per heavy atom. The van der Waals surface area contributed by atoms with Gasteiger partial charge in [-0.3, -0.25) is 44.1 Å². The van der Waals surface area contributed by atoms with Crippen LogP contribution < -0.4 is 20.4 Å². The first-order chi connectivity index (χ1) is 33.2. The molecule has 5 aromatic rings. The van der Waals surface area contributed by atoms with Crippen molar-refractivity contribution in [3.63, 3.8) is 0 Å². The molecule has 22 heteroatoms. The number of amides is 4. The number of amidine groups is 2. The predicted octanol–water partition coefficient (Wildman–Crippen LogP) is 4.45. The van der Waals surface area contributed by atoms with Crippen LogP contribution in [0.15, 0.2) is 124 Å². The van der Waals surface area contributed by atoms with Crippen molar-refractivity contribution in [1.82, 2.24) is 20.4 Å². The van der Waals surface area contributed by atoms with Gasteiger partial charge in [-0.2, -0.15) is 8.42 Å². The number of benzene rings is 3. The topological polar surface area (TPSA) is 267 Å². The molecule has 3 aromatic carbocycles. The van der Waals surface area contributed by atoms with Crippen LogP contribution in [0.25, 0.3) is 0 Å². The number of cyclic esters (lactones) is 2. The molecule has 2 unspecified atom stereocenters. The monoisotopic (exact) mass is 966 g/mol. The van der Waals surface area contributed by atoms with Gasteiger partial charge in [-0.25, -0.2) is 9.59 Å². The third-order valence-electron chi connectivity index (χ3n) is 10.9. The lowest BCUT2D eigenvalue weighted by molar-refractivity contribution is -0.145. The summed E-state index contributed by atoms with van der Waals surface area (Å²) >= 11 is 0. The predicted molar refractivity (Wildman–Crippen MR) is 249 cm³/mol. The number of nitrogens with zero attached hydrogens (tertiary/aromatic N) is 4. The highest BCUT2D eigenvalue weighted by Gasteiger charge is 2.35. The molecule has 4 N–H and O–H groups in total. The molecule has 5 heterocycles. The fourth-order valence-electron chi connectivity index (χ4n) is 7.32. The maximum Gasteiger partial charge on any atom is 0.414 e. The van der Waals surface area contributed by atoms with Crippen molar-refractivity contribution in [3.05, 3.63) is 144 Å². The van der Waals surface area contributed by atoms with Crippen LogP contribution in [0.2, 0.25) is 0 Å². The Labute approximate surface area is 397 Å². The second kappa shape index (κ2) is 22.9. The second-order valence-corrected chi connectivity index (χ2v) is 17.6. The SMILES string of the molecule is CS(=O)(=O)OCC1CN(c2ccc(C(=N)NC(=O)c3ccco3)cc2)C(=O)O1.N=C(NC(=O)c1ccco1)c1ccc(N2CC(CN3CCN(CCC(=O)OCc4ccccc4)CC3)OC2=O)cc1. The second-order valence-electron chi connectivity index (χ2n) is 16.0. The van der Waals surface area contributed by atoms with Crippen LogP contribution >= 0.6 is 0 Å². The van der Waals surface area contributed by atoms with Crippen molar-refractivity contribution in [2.75, 3.05) is 75.0 Å². The minimum Gasteiger partial charge on any atom is -0.461 e. The lowest BCUT2D eigenvalue weighted by Gasteiger charge is -2.35. The van der Waals surface area contributed by atoms with E-state index >= 15 is 0 Å². The van der Waals surface area contributed by atoms with Crippen LogP contribution in [-0.2, 0) is 39.9 Å². The number of carbonyl (C=O) groups is 5. The summed E-state index contributed by atoms with van der Waals surface area (Å²) in [6.45, 7) is 5.20. The van der Waals surface area contributed by atoms with Gasteiger partial charge >= 0.3 is 18.2 Å². The molecular formula is C47H50N8O13S. The highest BCUT2D eigenvalue weighted by molar-refractivity contribution is 7.86. The molecule has 4 amide bonds. The van der Waals surface area contributed by atoms with E-state index in [0.29, 0.717) is 55.2 Å². The first-order valence-corrected chi connectivity index (χ1v) is 23.5. The summed E-state index contributed by atoms with van der Waals surface area (Å²) < 4.78 is 52.8. The Balaban J connectivity index is 0.000000219. The molecule has 3 aliphatic heterocycles. The summed E-state index contributed by atoms with van der Waals surface area (Å²) in [4.78, 5) is 68.2. The van der Waals surface area contributed by atoms with Gasteiger partial charge in [0.25, 0.3) is 21.9 Å². The quantitative estimate of drug-likeness (QED) is 0.0350. The van der Waals surface area contributed by atoms with E-state index in [0.717, 1.165) is 38.0 Å². The Kier molecular flexibility index (Phi) is 16.3. The molecule has 0 saturated carbocycles. The Morgan fingerprint density at radius 3 is 1.65 bits per heavy atom. The molecular weight excluding hydrogens is 917 g/mol. The summed E-state index contributed by atoms with van der Waals surface area (Å²) in [7, 11) is -3.63. The van der Waals surface area contributed by atoms with Crippen LogP contribution in [0, 0.1) is 10.8 Å². The van der Waals surface area contributed by atoms with Gasteiger partial charge in [0.05, 0.1) is 38.3 Å². The molecule has 2 atom stereocenters. The zero-order valence-corrected chi connectivity index (χ0v) is 38.2. The van der Waals surface area contributed by atoms with Gasteiger partial charge in [0.15, 0.2) is 11.5 Å². The van der Waals surface area contributed by atoms with E-state index in [1.54, 1.807) is 65.6 Å². The summed E-state index contributed by atoms with van der Waals surface area (Å²) in [5, 5.41) is 21.0. The number of hydrogen-bond donors (Lipinski definition) is 4. The molecule has 0 bridgehead atoms. The average Bonchev–Trinajstić information content (AvgIpc) is 4.20. The number of piperazine rings is 1. The van der Waals surface area contributed by atoms with Crippen molar-refractivity contribution in [2.45, 2.75) is 25.2 Å². The molecule has 3 fully saturated rings. The minimum atomic E-state index is -3.63. The molecule has 362 valence electrons. The number of rotatable bonds is 16. The molecule has 8 rings (SSSR count). The molecule has 0 spiro atoms. The molecule has 3 saturated heterocycles. The molecule has 0 aliphatic carbocycles. The van der Waals surface area contributed by atoms with Crippen LogP contribution in [0.5, 0.6) is 0 Å². The number of ether oxygens (including phenoxy) is 3. The minimum absolute atomic E-state index is 0.0666. The van der Waals surface area contributed by atoms with Crippen LogP contribution in [0.4, 0.5) is 21.0 Å². The van der Waals surface area contributed by atoms with E-state index in [9.17, 15) is 32.4 Å². The van der Waals surface area contributed by atoms with Crippen molar-refractivity contribution in [2.24, 2.45) is 0 Å². The highest BCUT2D eigenvalue weighted by Crippen LogP contribution is 2.25. The van der Waals surface area contributed by atoms with Crippen molar-refractivity contribution >= 4 is 63.1 Å². The van der Waals surface area contributed by atoms with Crippen LogP contribution in [0.3, 0.4) is 0 Å². The molecule has 2 aromatic heterocycles. The number of esters is 1.